The Bertz CT molecular complexity index is 383. The lowest BCUT2D eigenvalue weighted by atomic mass is 9.82. The number of nitrogens with zero attached hydrogens (tertiary/aromatic N) is 2. The molecule has 0 bridgehead atoms. The van der Waals surface area contributed by atoms with Gasteiger partial charge in [0.2, 0.25) is 5.95 Å². The molecule has 108 valence electrons. The molecule has 1 aliphatic carbocycles. The van der Waals surface area contributed by atoms with Crippen LogP contribution in [-0.2, 0) is 0 Å². The van der Waals surface area contributed by atoms with Gasteiger partial charge in [-0.15, -0.1) is 0 Å². The molecule has 19 heavy (non-hydrogen) atoms. The van der Waals surface area contributed by atoms with Crippen LogP contribution < -0.4 is 5.32 Å². The first kappa shape index (κ1) is 14.4. The highest BCUT2D eigenvalue weighted by Crippen LogP contribution is 2.31. The van der Waals surface area contributed by atoms with E-state index < -0.39 is 0 Å². The number of hydrogen-bond donors (Lipinski definition) is 1. The second kappa shape index (κ2) is 5.98. The Morgan fingerprint density at radius 3 is 2.63 bits per heavy atom. The van der Waals surface area contributed by atoms with E-state index in [1.807, 2.05) is 6.20 Å². The van der Waals surface area contributed by atoms with Crippen LogP contribution >= 0.6 is 0 Å². The number of rotatable bonds is 4. The SMILES string of the molecule is CC(CNc1nccn1C1CCCCC1)C(C)(C)C. The van der Waals surface area contributed by atoms with E-state index in [-0.39, 0.29) is 0 Å². The van der Waals surface area contributed by atoms with Gasteiger partial charge in [0.15, 0.2) is 0 Å². The van der Waals surface area contributed by atoms with E-state index in [4.69, 9.17) is 0 Å². The number of anilines is 1. The van der Waals surface area contributed by atoms with Crippen LogP contribution in [0.25, 0.3) is 0 Å². The van der Waals surface area contributed by atoms with Crippen LogP contribution in [-0.4, -0.2) is 16.1 Å². The zero-order chi connectivity index (χ0) is 13.9. The summed E-state index contributed by atoms with van der Waals surface area (Å²) in [7, 11) is 0. The van der Waals surface area contributed by atoms with Gasteiger partial charge in [-0.05, 0) is 24.2 Å². The van der Waals surface area contributed by atoms with Crippen LogP contribution in [0.3, 0.4) is 0 Å². The van der Waals surface area contributed by atoms with Crippen molar-refractivity contribution in [1.29, 1.82) is 0 Å². The minimum atomic E-state index is 0.343. The van der Waals surface area contributed by atoms with Crippen molar-refractivity contribution < 1.29 is 0 Å². The molecule has 0 spiro atoms. The standard InChI is InChI=1S/C16H29N3/c1-13(16(2,3)4)12-18-15-17-10-11-19(15)14-8-6-5-7-9-14/h10-11,13-14H,5-9,12H2,1-4H3,(H,17,18). The van der Waals surface area contributed by atoms with Gasteiger partial charge >= 0.3 is 0 Å². The molecule has 1 fully saturated rings. The molecule has 3 heteroatoms. The summed E-state index contributed by atoms with van der Waals surface area (Å²) in [5.41, 5.74) is 0.343. The van der Waals surface area contributed by atoms with Crippen molar-refractivity contribution in [2.45, 2.75) is 65.8 Å². The minimum Gasteiger partial charge on any atom is -0.355 e. The van der Waals surface area contributed by atoms with Crippen LogP contribution in [0.15, 0.2) is 12.4 Å². The summed E-state index contributed by atoms with van der Waals surface area (Å²) in [6, 6.07) is 0.656. The molecular weight excluding hydrogens is 234 g/mol. The van der Waals surface area contributed by atoms with Gasteiger partial charge < -0.3 is 9.88 Å². The van der Waals surface area contributed by atoms with E-state index >= 15 is 0 Å². The molecule has 1 aromatic rings. The molecule has 1 N–H and O–H groups in total. The van der Waals surface area contributed by atoms with E-state index in [1.54, 1.807) is 0 Å². The molecule has 0 amide bonds. The first-order valence-corrected chi connectivity index (χ1v) is 7.75. The first-order valence-electron chi connectivity index (χ1n) is 7.75. The normalized spacial score (nSPS) is 19.4. The van der Waals surface area contributed by atoms with E-state index in [1.165, 1.54) is 32.1 Å². The molecule has 1 atom stereocenters. The van der Waals surface area contributed by atoms with Gasteiger partial charge in [-0.1, -0.05) is 47.0 Å². The lowest BCUT2D eigenvalue weighted by Crippen LogP contribution is -2.26. The molecule has 0 radical (unpaired) electrons. The van der Waals surface area contributed by atoms with E-state index in [2.05, 4.69) is 48.8 Å². The number of aromatic nitrogens is 2. The summed E-state index contributed by atoms with van der Waals surface area (Å²) in [5, 5.41) is 3.55. The molecule has 3 nitrogen and oxygen atoms in total. The smallest absolute Gasteiger partial charge is 0.203 e. The highest BCUT2D eigenvalue weighted by Gasteiger charge is 2.21. The van der Waals surface area contributed by atoms with E-state index in [0.29, 0.717) is 17.4 Å². The Kier molecular flexibility index (Phi) is 4.54. The van der Waals surface area contributed by atoms with Crippen molar-refractivity contribution in [3.8, 4) is 0 Å². The lowest BCUT2D eigenvalue weighted by Gasteiger charge is -2.29. The van der Waals surface area contributed by atoms with Crippen LogP contribution in [0.1, 0.15) is 65.8 Å². The van der Waals surface area contributed by atoms with Crippen molar-refractivity contribution in [3.63, 3.8) is 0 Å². The average molecular weight is 263 g/mol. The second-order valence-corrected chi connectivity index (χ2v) is 7.10. The topological polar surface area (TPSA) is 29.9 Å². The molecular formula is C16H29N3. The van der Waals surface area contributed by atoms with Crippen molar-refractivity contribution in [1.82, 2.24) is 9.55 Å². The van der Waals surface area contributed by atoms with Gasteiger partial charge in [0.25, 0.3) is 0 Å². The maximum absolute atomic E-state index is 4.50. The van der Waals surface area contributed by atoms with Gasteiger partial charge in [-0.3, -0.25) is 0 Å². The molecule has 0 saturated heterocycles. The van der Waals surface area contributed by atoms with Gasteiger partial charge in [0.05, 0.1) is 0 Å². The molecule has 0 aliphatic heterocycles. The van der Waals surface area contributed by atoms with Gasteiger partial charge in [0.1, 0.15) is 0 Å². The maximum Gasteiger partial charge on any atom is 0.203 e. The maximum atomic E-state index is 4.50. The fourth-order valence-corrected chi connectivity index (χ4v) is 2.65. The molecule has 1 saturated carbocycles. The summed E-state index contributed by atoms with van der Waals surface area (Å²) >= 11 is 0. The Labute approximate surface area is 117 Å². The third-order valence-corrected chi connectivity index (χ3v) is 4.68. The summed E-state index contributed by atoms with van der Waals surface area (Å²) in [4.78, 5) is 4.50. The summed E-state index contributed by atoms with van der Waals surface area (Å²) in [5.74, 6) is 1.69. The quantitative estimate of drug-likeness (QED) is 0.868. The average Bonchev–Trinajstić information content (AvgIpc) is 2.84. The number of nitrogens with one attached hydrogen (secondary N) is 1. The van der Waals surface area contributed by atoms with Gasteiger partial charge in [-0.2, -0.15) is 0 Å². The van der Waals surface area contributed by atoms with Gasteiger partial charge in [0, 0.05) is 25.0 Å². The van der Waals surface area contributed by atoms with Crippen LogP contribution in [0.4, 0.5) is 5.95 Å². The fourth-order valence-electron chi connectivity index (χ4n) is 2.65. The summed E-state index contributed by atoms with van der Waals surface area (Å²) in [6.45, 7) is 10.2. The van der Waals surface area contributed by atoms with Crippen molar-refractivity contribution >= 4 is 5.95 Å². The Morgan fingerprint density at radius 2 is 2.00 bits per heavy atom. The monoisotopic (exact) mass is 263 g/mol. The zero-order valence-corrected chi connectivity index (χ0v) is 12.9. The molecule has 1 unspecified atom stereocenters. The van der Waals surface area contributed by atoms with E-state index in [9.17, 15) is 0 Å². The van der Waals surface area contributed by atoms with Crippen molar-refractivity contribution in [3.05, 3.63) is 12.4 Å². The van der Waals surface area contributed by atoms with Crippen LogP contribution in [0.5, 0.6) is 0 Å². The molecule has 2 rings (SSSR count). The fraction of sp³-hybridized carbons (Fsp3) is 0.812. The Balaban J connectivity index is 1.96. The highest BCUT2D eigenvalue weighted by molar-refractivity contribution is 5.27. The zero-order valence-electron chi connectivity index (χ0n) is 12.9. The first-order chi connectivity index (χ1) is 8.98. The predicted molar refractivity (Wildman–Crippen MR) is 81.5 cm³/mol. The third-order valence-electron chi connectivity index (χ3n) is 4.68. The minimum absolute atomic E-state index is 0.343. The molecule has 1 aromatic heterocycles. The number of imidazole rings is 1. The third kappa shape index (κ3) is 3.74. The second-order valence-electron chi connectivity index (χ2n) is 7.10. The Hall–Kier alpha value is -0.990. The van der Waals surface area contributed by atoms with E-state index in [0.717, 1.165) is 12.5 Å². The summed E-state index contributed by atoms with van der Waals surface area (Å²) < 4.78 is 2.36. The predicted octanol–water partition coefficient (Wildman–Crippen LogP) is 4.48. The van der Waals surface area contributed by atoms with Crippen LogP contribution in [0, 0.1) is 11.3 Å². The highest BCUT2D eigenvalue weighted by atomic mass is 15.2. The molecule has 1 heterocycles. The van der Waals surface area contributed by atoms with Gasteiger partial charge in [-0.25, -0.2) is 4.98 Å². The van der Waals surface area contributed by atoms with Crippen molar-refractivity contribution in [2.75, 3.05) is 11.9 Å². The Morgan fingerprint density at radius 1 is 1.32 bits per heavy atom. The van der Waals surface area contributed by atoms with Crippen LogP contribution in [0.2, 0.25) is 0 Å². The molecule has 0 aromatic carbocycles. The lowest BCUT2D eigenvalue weighted by molar-refractivity contribution is 0.273. The molecule has 1 aliphatic rings. The largest absolute Gasteiger partial charge is 0.355 e. The number of hydrogen-bond acceptors (Lipinski definition) is 2. The van der Waals surface area contributed by atoms with Crippen molar-refractivity contribution in [2.24, 2.45) is 11.3 Å². The summed E-state index contributed by atoms with van der Waals surface area (Å²) in [6.07, 6.45) is 10.8.